The van der Waals surface area contributed by atoms with Crippen molar-refractivity contribution in [2.75, 3.05) is 11.4 Å². The lowest BCUT2D eigenvalue weighted by Gasteiger charge is -2.26. The van der Waals surface area contributed by atoms with Crippen molar-refractivity contribution in [3.63, 3.8) is 0 Å². The van der Waals surface area contributed by atoms with Gasteiger partial charge in [-0.1, -0.05) is 32.0 Å². The number of anilines is 1. The second-order valence-corrected chi connectivity index (χ2v) is 5.29. The molecule has 0 radical (unpaired) electrons. The number of aliphatic imine (C=N–C) groups is 1. The standard InChI is InChI=1S/C15H18N2O3/c1-10(2)9-17-13-6-4-3-5-11(13)8-16-12(15(17)20)7-14(18)19/h3-6,8,10,12H,7,9H2,1-2H3,(H,18,19). The zero-order valence-electron chi connectivity index (χ0n) is 11.6. The van der Waals surface area contributed by atoms with Crippen LogP contribution in [0.5, 0.6) is 0 Å². The third-order valence-corrected chi connectivity index (χ3v) is 3.09. The molecule has 1 amide bonds. The molecule has 1 atom stereocenters. The summed E-state index contributed by atoms with van der Waals surface area (Å²) >= 11 is 0. The number of benzodiazepines with no additional fused rings is 1. The number of amides is 1. The SMILES string of the molecule is CC(C)CN1C(=O)C(CC(=O)O)N=Cc2ccccc21. The van der Waals surface area contributed by atoms with Crippen LogP contribution in [-0.2, 0) is 9.59 Å². The smallest absolute Gasteiger partial charge is 0.306 e. The number of carboxylic acids is 1. The Hall–Kier alpha value is -2.17. The Morgan fingerprint density at radius 1 is 1.40 bits per heavy atom. The average molecular weight is 274 g/mol. The molecule has 0 saturated carbocycles. The molecule has 5 nitrogen and oxygen atoms in total. The molecule has 1 aromatic rings. The van der Waals surface area contributed by atoms with Crippen molar-refractivity contribution >= 4 is 23.8 Å². The van der Waals surface area contributed by atoms with Crippen LogP contribution in [-0.4, -0.2) is 35.8 Å². The molecule has 1 aromatic carbocycles. The van der Waals surface area contributed by atoms with E-state index in [1.54, 1.807) is 11.1 Å². The number of benzene rings is 1. The maximum atomic E-state index is 12.5. The van der Waals surface area contributed by atoms with Gasteiger partial charge in [-0.25, -0.2) is 0 Å². The van der Waals surface area contributed by atoms with Gasteiger partial charge in [-0.2, -0.15) is 0 Å². The van der Waals surface area contributed by atoms with Crippen molar-refractivity contribution in [3.05, 3.63) is 29.8 Å². The van der Waals surface area contributed by atoms with Crippen LogP contribution in [0.2, 0.25) is 0 Å². The van der Waals surface area contributed by atoms with Gasteiger partial charge in [0.2, 0.25) is 0 Å². The third kappa shape index (κ3) is 3.04. The van der Waals surface area contributed by atoms with Crippen molar-refractivity contribution in [2.24, 2.45) is 10.9 Å². The normalized spacial score (nSPS) is 18.1. The molecule has 2 rings (SSSR count). The first-order valence-electron chi connectivity index (χ1n) is 6.64. The lowest BCUT2D eigenvalue weighted by atomic mass is 10.1. The number of rotatable bonds is 4. The van der Waals surface area contributed by atoms with Crippen molar-refractivity contribution in [1.82, 2.24) is 0 Å². The number of para-hydroxylation sites is 1. The Labute approximate surface area is 117 Å². The molecular weight excluding hydrogens is 256 g/mol. The molecule has 20 heavy (non-hydrogen) atoms. The molecule has 1 aliphatic rings. The van der Waals surface area contributed by atoms with Gasteiger partial charge in [-0.15, -0.1) is 0 Å². The molecular formula is C15H18N2O3. The first-order valence-corrected chi connectivity index (χ1v) is 6.64. The topological polar surface area (TPSA) is 70.0 Å². The van der Waals surface area contributed by atoms with E-state index in [1.165, 1.54) is 0 Å². The highest BCUT2D eigenvalue weighted by Crippen LogP contribution is 2.25. The second kappa shape index (κ2) is 5.86. The Bertz CT molecular complexity index is 552. The number of carbonyl (C=O) groups is 2. The van der Waals surface area contributed by atoms with E-state index in [-0.39, 0.29) is 18.2 Å². The summed E-state index contributed by atoms with van der Waals surface area (Å²) in [5.41, 5.74) is 1.64. The average Bonchev–Trinajstić information content (AvgIpc) is 2.50. The van der Waals surface area contributed by atoms with Crippen LogP contribution in [0, 0.1) is 5.92 Å². The molecule has 1 heterocycles. The fourth-order valence-electron chi connectivity index (χ4n) is 2.23. The van der Waals surface area contributed by atoms with Crippen molar-refractivity contribution in [3.8, 4) is 0 Å². The van der Waals surface area contributed by atoms with E-state index in [4.69, 9.17) is 5.11 Å². The number of carboxylic acid groups (broad SMARTS) is 1. The van der Waals surface area contributed by atoms with E-state index >= 15 is 0 Å². The summed E-state index contributed by atoms with van der Waals surface area (Å²) in [7, 11) is 0. The summed E-state index contributed by atoms with van der Waals surface area (Å²) in [5.74, 6) is -0.978. The van der Waals surface area contributed by atoms with E-state index < -0.39 is 12.0 Å². The van der Waals surface area contributed by atoms with Gasteiger partial charge in [0.05, 0.1) is 12.1 Å². The highest BCUT2D eigenvalue weighted by atomic mass is 16.4. The van der Waals surface area contributed by atoms with Crippen LogP contribution < -0.4 is 4.90 Å². The maximum Gasteiger partial charge on any atom is 0.306 e. The molecule has 5 heteroatoms. The van der Waals surface area contributed by atoms with Crippen molar-refractivity contribution < 1.29 is 14.7 Å². The number of nitrogens with zero attached hydrogens (tertiary/aromatic N) is 2. The minimum absolute atomic E-state index is 0.248. The van der Waals surface area contributed by atoms with Gasteiger partial charge in [-0.3, -0.25) is 14.6 Å². The first kappa shape index (κ1) is 14.2. The maximum absolute atomic E-state index is 12.5. The molecule has 1 aliphatic heterocycles. The monoisotopic (exact) mass is 274 g/mol. The number of hydrogen-bond acceptors (Lipinski definition) is 3. The van der Waals surface area contributed by atoms with Crippen LogP contribution in [0.4, 0.5) is 5.69 Å². The summed E-state index contributed by atoms with van der Waals surface area (Å²) in [5, 5.41) is 8.92. The number of fused-ring (bicyclic) bond motifs is 1. The quantitative estimate of drug-likeness (QED) is 0.912. The van der Waals surface area contributed by atoms with E-state index in [9.17, 15) is 9.59 Å². The Balaban J connectivity index is 2.40. The highest BCUT2D eigenvalue weighted by molar-refractivity contribution is 6.06. The second-order valence-electron chi connectivity index (χ2n) is 5.29. The van der Waals surface area contributed by atoms with Crippen LogP contribution in [0.1, 0.15) is 25.8 Å². The molecule has 0 spiro atoms. The van der Waals surface area contributed by atoms with Gasteiger partial charge in [0, 0.05) is 18.3 Å². The minimum Gasteiger partial charge on any atom is -0.481 e. The Morgan fingerprint density at radius 3 is 2.75 bits per heavy atom. The van der Waals surface area contributed by atoms with Gasteiger partial charge in [-0.05, 0) is 12.0 Å². The minimum atomic E-state index is -1.02. The van der Waals surface area contributed by atoms with Crippen LogP contribution >= 0.6 is 0 Å². The zero-order valence-corrected chi connectivity index (χ0v) is 11.6. The van der Waals surface area contributed by atoms with Gasteiger partial charge in [0.1, 0.15) is 6.04 Å². The van der Waals surface area contributed by atoms with Gasteiger partial charge < -0.3 is 10.0 Å². The van der Waals surface area contributed by atoms with E-state index in [0.29, 0.717) is 6.54 Å². The summed E-state index contributed by atoms with van der Waals surface area (Å²) in [6.07, 6.45) is 1.32. The molecule has 0 saturated heterocycles. The van der Waals surface area contributed by atoms with Crippen LogP contribution in [0.25, 0.3) is 0 Å². The number of aliphatic carboxylic acids is 1. The van der Waals surface area contributed by atoms with Crippen LogP contribution in [0.15, 0.2) is 29.3 Å². The number of hydrogen-bond donors (Lipinski definition) is 1. The van der Waals surface area contributed by atoms with E-state index in [1.807, 2.05) is 38.1 Å². The van der Waals surface area contributed by atoms with Crippen molar-refractivity contribution in [1.29, 1.82) is 0 Å². The summed E-state index contributed by atoms with van der Waals surface area (Å²) in [4.78, 5) is 29.2. The summed E-state index contributed by atoms with van der Waals surface area (Å²) < 4.78 is 0. The highest BCUT2D eigenvalue weighted by Gasteiger charge is 2.30. The first-order chi connectivity index (χ1) is 9.49. The molecule has 0 aliphatic carbocycles. The van der Waals surface area contributed by atoms with Crippen molar-refractivity contribution in [2.45, 2.75) is 26.3 Å². The molecule has 0 bridgehead atoms. The van der Waals surface area contributed by atoms with Crippen LogP contribution in [0.3, 0.4) is 0 Å². The Morgan fingerprint density at radius 2 is 2.10 bits per heavy atom. The molecule has 1 unspecified atom stereocenters. The lowest BCUT2D eigenvalue weighted by Crippen LogP contribution is -2.41. The predicted molar refractivity (Wildman–Crippen MR) is 77.3 cm³/mol. The van der Waals surface area contributed by atoms with Gasteiger partial charge in [0.15, 0.2) is 0 Å². The predicted octanol–water partition coefficient (Wildman–Crippen LogP) is 1.95. The summed E-state index contributed by atoms with van der Waals surface area (Å²) in [6.45, 7) is 4.59. The fraction of sp³-hybridized carbons (Fsp3) is 0.400. The fourth-order valence-corrected chi connectivity index (χ4v) is 2.23. The van der Waals surface area contributed by atoms with Gasteiger partial charge in [0.25, 0.3) is 5.91 Å². The zero-order chi connectivity index (χ0) is 14.7. The molecule has 106 valence electrons. The Kier molecular flexibility index (Phi) is 4.17. The van der Waals surface area contributed by atoms with Gasteiger partial charge >= 0.3 is 5.97 Å². The van der Waals surface area contributed by atoms with E-state index in [0.717, 1.165) is 11.3 Å². The lowest BCUT2D eigenvalue weighted by molar-refractivity contribution is -0.139. The molecule has 0 fully saturated rings. The molecule has 1 N–H and O–H groups in total. The van der Waals surface area contributed by atoms with E-state index in [2.05, 4.69) is 4.99 Å². The summed E-state index contributed by atoms with van der Waals surface area (Å²) in [6, 6.07) is 6.64. The largest absolute Gasteiger partial charge is 0.481 e. The number of carbonyl (C=O) groups excluding carboxylic acids is 1. The third-order valence-electron chi connectivity index (χ3n) is 3.09. The molecule has 0 aromatic heterocycles.